The summed E-state index contributed by atoms with van der Waals surface area (Å²) in [5.41, 5.74) is 4.18. The van der Waals surface area contributed by atoms with Gasteiger partial charge in [-0.25, -0.2) is 4.98 Å². The zero-order valence-electron chi connectivity index (χ0n) is 21.7. The topological polar surface area (TPSA) is 80.3 Å². The van der Waals surface area contributed by atoms with E-state index in [0.29, 0.717) is 17.2 Å². The molecule has 200 valence electrons. The fraction of sp³-hybridized carbons (Fsp3) is 0.0938. The molecule has 0 bridgehead atoms. The third kappa shape index (κ3) is 7.16. The Labute approximate surface area is 241 Å². The zero-order chi connectivity index (χ0) is 27.7. The molecule has 0 radical (unpaired) electrons. The average molecular weight is 566 g/mol. The number of nitrogens with one attached hydrogen (secondary N) is 2. The fourth-order valence-electron chi connectivity index (χ4n) is 4.09. The van der Waals surface area contributed by atoms with Gasteiger partial charge in [0.1, 0.15) is 11.0 Å². The Morgan fingerprint density at radius 3 is 2.40 bits per heavy atom. The number of anilines is 2. The highest BCUT2D eigenvalue weighted by molar-refractivity contribution is 8.00. The molecular formula is C32H27N3O3S2. The second-order valence-corrected chi connectivity index (χ2v) is 10.9. The Hall–Kier alpha value is -4.40. The lowest BCUT2D eigenvalue weighted by atomic mass is 10.1. The van der Waals surface area contributed by atoms with Crippen molar-refractivity contribution >= 4 is 45.7 Å². The van der Waals surface area contributed by atoms with Gasteiger partial charge < -0.3 is 15.4 Å². The molecule has 0 aliphatic carbocycles. The van der Waals surface area contributed by atoms with Gasteiger partial charge in [0.25, 0.3) is 0 Å². The van der Waals surface area contributed by atoms with E-state index in [1.54, 1.807) is 7.11 Å². The lowest BCUT2D eigenvalue weighted by Gasteiger charge is -2.17. The van der Waals surface area contributed by atoms with Crippen LogP contribution in [0.25, 0.3) is 11.3 Å². The number of carbonyl (C=O) groups excluding carboxylic acids is 2. The predicted octanol–water partition coefficient (Wildman–Crippen LogP) is 7.47. The lowest BCUT2D eigenvalue weighted by Crippen LogP contribution is -2.19. The van der Waals surface area contributed by atoms with Crippen LogP contribution in [0.3, 0.4) is 0 Å². The van der Waals surface area contributed by atoms with Crippen LogP contribution in [-0.2, 0) is 16.0 Å². The SMILES string of the molecule is COc1cccc(-c2csc(NC(=O)C(Sc3cccc(NC(=O)Cc4ccccc4)c3)c3ccccc3)n2)c1. The molecule has 2 amide bonds. The van der Waals surface area contributed by atoms with E-state index in [9.17, 15) is 9.59 Å². The molecule has 0 aliphatic rings. The maximum absolute atomic E-state index is 13.6. The van der Waals surface area contributed by atoms with Gasteiger partial charge in [0.2, 0.25) is 11.8 Å². The van der Waals surface area contributed by atoms with Gasteiger partial charge in [0, 0.05) is 21.5 Å². The molecule has 4 aromatic carbocycles. The second-order valence-electron chi connectivity index (χ2n) is 8.91. The average Bonchev–Trinajstić information content (AvgIpc) is 3.45. The molecule has 1 unspecified atom stereocenters. The normalized spacial score (nSPS) is 11.4. The number of hydrogen-bond acceptors (Lipinski definition) is 6. The van der Waals surface area contributed by atoms with E-state index in [1.807, 2.05) is 115 Å². The number of aromatic nitrogens is 1. The first-order chi connectivity index (χ1) is 19.6. The van der Waals surface area contributed by atoms with Crippen LogP contribution in [0.2, 0.25) is 0 Å². The minimum atomic E-state index is -0.527. The summed E-state index contributed by atoms with van der Waals surface area (Å²) in [6.45, 7) is 0. The molecule has 0 spiro atoms. The van der Waals surface area contributed by atoms with E-state index >= 15 is 0 Å². The van der Waals surface area contributed by atoms with Crippen molar-refractivity contribution in [3.05, 3.63) is 126 Å². The first-order valence-corrected chi connectivity index (χ1v) is 14.4. The predicted molar refractivity (Wildman–Crippen MR) is 163 cm³/mol. The van der Waals surface area contributed by atoms with Crippen molar-refractivity contribution in [3.63, 3.8) is 0 Å². The molecule has 2 N–H and O–H groups in total. The van der Waals surface area contributed by atoms with Crippen LogP contribution in [-0.4, -0.2) is 23.9 Å². The van der Waals surface area contributed by atoms with Crippen LogP contribution in [0, 0.1) is 0 Å². The molecule has 1 atom stereocenters. The summed E-state index contributed by atoms with van der Waals surface area (Å²) in [5.74, 6) is 0.470. The van der Waals surface area contributed by atoms with Gasteiger partial charge in [-0.15, -0.1) is 23.1 Å². The van der Waals surface area contributed by atoms with Gasteiger partial charge in [-0.3, -0.25) is 9.59 Å². The second kappa shape index (κ2) is 13.1. The van der Waals surface area contributed by atoms with Crippen molar-refractivity contribution in [2.24, 2.45) is 0 Å². The van der Waals surface area contributed by atoms with Crippen molar-refractivity contribution < 1.29 is 14.3 Å². The van der Waals surface area contributed by atoms with Gasteiger partial charge in [-0.05, 0) is 41.5 Å². The number of rotatable bonds is 10. The van der Waals surface area contributed by atoms with E-state index in [0.717, 1.165) is 33.0 Å². The fourth-order valence-corrected chi connectivity index (χ4v) is 5.89. The highest BCUT2D eigenvalue weighted by Gasteiger charge is 2.23. The quantitative estimate of drug-likeness (QED) is 0.172. The Bertz CT molecular complexity index is 1590. The summed E-state index contributed by atoms with van der Waals surface area (Å²) in [5, 5.41) is 7.88. The molecule has 5 aromatic rings. The highest BCUT2D eigenvalue weighted by atomic mass is 32.2. The smallest absolute Gasteiger partial charge is 0.244 e. The molecule has 6 nitrogen and oxygen atoms in total. The lowest BCUT2D eigenvalue weighted by molar-refractivity contribution is -0.116. The number of benzene rings is 4. The maximum atomic E-state index is 13.6. The molecule has 1 heterocycles. The van der Waals surface area contributed by atoms with E-state index in [4.69, 9.17) is 4.74 Å². The Morgan fingerprint density at radius 2 is 1.62 bits per heavy atom. The van der Waals surface area contributed by atoms with Crippen LogP contribution in [0.5, 0.6) is 5.75 Å². The summed E-state index contributed by atoms with van der Waals surface area (Å²) in [6.07, 6.45) is 0.290. The van der Waals surface area contributed by atoms with Gasteiger partial charge in [-0.2, -0.15) is 0 Å². The van der Waals surface area contributed by atoms with Crippen LogP contribution in [0.4, 0.5) is 10.8 Å². The van der Waals surface area contributed by atoms with E-state index in [1.165, 1.54) is 23.1 Å². The first-order valence-electron chi connectivity index (χ1n) is 12.6. The number of carbonyl (C=O) groups is 2. The number of thiazole rings is 1. The molecule has 0 aliphatic heterocycles. The number of hydrogen-bond donors (Lipinski definition) is 2. The Kier molecular flexibility index (Phi) is 8.90. The summed E-state index contributed by atoms with van der Waals surface area (Å²) in [7, 11) is 1.63. The Balaban J connectivity index is 1.31. The standard InChI is InChI=1S/C32H27N3O3S2/c1-38-26-16-8-14-24(19-26)28-21-39-32(34-28)35-31(37)30(23-12-6-3-7-13-23)40-27-17-9-15-25(20-27)33-29(36)18-22-10-4-2-5-11-22/h2-17,19-21,30H,18H2,1H3,(H,33,36)(H,34,35,37). The van der Waals surface area contributed by atoms with Crippen LogP contribution < -0.4 is 15.4 Å². The first kappa shape index (κ1) is 27.2. The third-order valence-electron chi connectivity index (χ3n) is 6.02. The molecule has 0 saturated carbocycles. The summed E-state index contributed by atoms with van der Waals surface area (Å²) >= 11 is 2.79. The third-order valence-corrected chi connectivity index (χ3v) is 8.03. The molecule has 1 aromatic heterocycles. The van der Waals surface area contributed by atoms with Gasteiger partial charge in [0.15, 0.2) is 5.13 Å². The summed E-state index contributed by atoms with van der Waals surface area (Å²) in [4.78, 5) is 31.7. The molecule has 0 saturated heterocycles. The summed E-state index contributed by atoms with van der Waals surface area (Å²) in [6, 6.07) is 34.5. The number of nitrogens with zero attached hydrogens (tertiary/aromatic N) is 1. The zero-order valence-corrected chi connectivity index (χ0v) is 23.4. The minimum absolute atomic E-state index is 0.0960. The Morgan fingerprint density at radius 1 is 0.875 bits per heavy atom. The molecule has 0 fully saturated rings. The van der Waals surface area contributed by atoms with E-state index in [-0.39, 0.29) is 11.8 Å². The minimum Gasteiger partial charge on any atom is -0.497 e. The van der Waals surface area contributed by atoms with Crippen molar-refractivity contribution in [2.45, 2.75) is 16.6 Å². The molecule has 8 heteroatoms. The molecular weight excluding hydrogens is 539 g/mol. The van der Waals surface area contributed by atoms with E-state index < -0.39 is 5.25 Å². The monoisotopic (exact) mass is 565 g/mol. The van der Waals surface area contributed by atoms with Gasteiger partial charge in [0.05, 0.1) is 19.2 Å². The maximum Gasteiger partial charge on any atom is 0.244 e. The number of thioether (sulfide) groups is 1. The van der Waals surface area contributed by atoms with E-state index in [2.05, 4.69) is 15.6 Å². The largest absolute Gasteiger partial charge is 0.497 e. The van der Waals surface area contributed by atoms with Crippen molar-refractivity contribution in [2.75, 3.05) is 17.7 Å². The highest BCUT2D eigenvalue weighted by Crippen LogP contribution is 2.38. The van der Waals surface area contributed by atoms with Gasteiger partial charge >= 0.3 is 0 Å². The number of ether oxygens (including phenoxy) is 1. The van der Waals surface area contributed by atoms with Crippen molar-refractivity contribution in [3.8, 4) is 17.0 Å². The van der Waals surface area contributed by atoms with Crippen molar-refractivity contribution in [1.82, 2.24) is 4.98 Å². The molecule has 5 rings (SSSR count). The number of amides is 2. The summed E-state index contributed by atoms with van der Waals surface area (Å²) < 4.78 is 5.32. The van der Waals surface area contributed by atoms with Crippen LogP contribution in [0.15, 0.2) is 119 Å². The van der Waals surface area contributed by atoms with Crippen LogP contribution in [0.1, 0.15) is 16.4 Å². The van der Waals surface area contributed by atoms with Crippen molar-refractivity contribution in [1.29, 1.82) is 0 Å². The van der Waals surface area contributed by atoms with Crippen LogP contribution >= 0.6 is 23.1 Å². The number of methoxy groups -OCH3 is 1. The molecule has 40 heavy (non-hydrogen) atoms. The van der Waals surface area contributed by atoms with Gasteiger partial charge in [-0.1, -0.05) is 78.9 Å².